The summed E-state index contributed by atoms with van der Waals surface area (Å²) in [6.07, 6.45) is -13.7. The summed E-state index contributed by atoms with van der Waals surface area (Å²) in [6, 6.07) is 0.126. The van der Waals surface area contributed by atoms with E-state index in [1.807, 2.05) is 0 Å². The first-order chi connectivity index (χ1) is 39.3. The molecule has 3 heterocycles. The molecule has 29 nitrogen and oxygen atoms in total. The largest absolute Gasteiger partial charge is 0.466 e. The van der Waals surface area contributed by atoms with Crippen molar-refractivity contribution in [3.05, 3.63) is 51.8 Å². The van der Waals surface area contributed by atoms with Crippen molar-refractivity contribution in [3.63, 3.8) is 0 Å². The minimum atomic E-state index is -1.95. The first-order valence-electron chi connectivity index (χ1n) is 28.4. The molecule has 3 fully saturated rings. The molecule has 9 N–H and O–H groups in total. The predicted molar refractivity (Wildman–Crippen MR) is 301 cm³/mol. The van der Waals surface area contributed by atoms with Crippen molar-refractivity contribution in [3.8, 4) is 0 Å². The number of benzene rings is 1. The van der Waals surface area contributed by atoms with Crippen molar-refractivity contribution in [1.82, 2.24) is 36.4 Å². The lowest BCUT2D eigenvalue weighted by Gasteiger charge is -2.50. The normalized spacial score (nSPS) is 27.6. The Balaban J connectivity index is 1.50. The molecule has 3 aliphatic heterocycles. The van der Waals surface area contributed by atoms with Gasteiger partial charge < -0.3 is 99.4 Å². The number of ether oxygens (including phenoxy) is 9. The number of aliphatic hydroxyl groups is 4. The number of rotatable bonds is 19. The Bertz CT molecular complexity index is 2490. The summed E-state index contributed by atoms with van der Waals surface area (Å²) in [7, 11) is 1.30. The van der Waals surface area contributed by atoms with Gasteiger partial charge in [0.15, 0.2) is 6.29 Å². The second-order valence-electron chi connectivity index (χ2n) is 25.8. The molecule has 1 saturated carbocycles. The quantitative estimate of drug-likeness (QED) is 0.0541. The molecule has 0 spiro atoms. The van der Waals surface area contributed by atoms with Crippen LogP contribution in [0.15, 0.2) is 36.1 Å². The summed E-state index contributed by atoms with van der Waals surface area (Å²) >= 11 is 0. The molecule has 0 radical (unpaired) electrons. The van der Waals surface area contributed by atoms with Crippen molar-refractivity contribution >= 4 is 42.1 Å². The maximum atomic E-state index is 14.0. The lowest BCUT2D eigenvalue weighted by molar-refractivity contribution is -0.384. The Kier molecular flexibility index (Phi) is 23.6. The highest BCUT2D eigenvalue weighted by atomic mass is 16.7. The predicted octanol–water partition coefficient (Wildman–Crippen LogP) is 3.70. The van der Waals surface area contributed by atoms with E-state index in [-0.39, 0.29) is 63.0 Å². The fourth-order valence-electron chi connectivity index (χ4n) is 9.84. The second kappa shape index (κ2) is 28.9. The van der Waals surface area contributed by atoms with Crippen molar-refractivity contribution in [2.75, 3.05) is 39.8 Å². The Morgan fingerprint density at radius 1 is 0.800 bits per heavy atom. The molecule has 0 bridgehead atoms. The minimum Gasteiger partial charge on any atom is -0.466 e. The molecule has 1 aliphatic carbocycles. The molecule has 85 heavy (non-hydrogen) atoms. The Morgan fingerprint density at radius 3 is 1.99 bits per heavy atom. The summed E-state index contributed by atoms with van der Waals surface area (Å²) < 4.78 is 53.2. The van der Waals surface area contributed by atoms with Crippen molar-refractivity contribution < 1.29 is 96.7 Å². The third kappa shape index (κ3) is 21.5. The Morgan fingerprint density at radius 2 is 1.39 bits per heavy atom. The van der Waals surface area contributed by atoms with Crippen LogP contribution in [0.2, 0.25) is 0 Å². The third-order valence-corrected chi connectivity index (χ3v) is 13.6. The molecule has 0 aromatic heterocycles. The van der Waals surface area contributed by atoms with E-state index in [1.54, 1.807) is 94.1 Å². The maximum absolute atomic E-state index is 14.0. The van der Waals surface area contributed by atoms with Crippen LogP contribution in [0, 0.1) is 10.1 Å². The zero-order valence-electron chi connectivity index (χ0n) is 51.2. The van der Waals surface area contributed by atoms with Gasteiger partial charge in [-0.1, -0.05) is 0 Å². The van der Waals surface area contributed by atoms with Gasteiger partial charge in [-0.15, -0.1) is 0 Å². The molecule has 29 heteroatoms. The van der Waals surface area contributed by atoms with E-state index in [0.29, 0.717) is 24.9 Å². The second-order valence-corrected chi connectivity index (χ2v) is 25.8. The molecule has 2 saturated heterocycles. The maximum Gasteiger partial charge on any atom is 0.410 e. The number of nitrogens with one attached hydrogen (secondary N) is 5. The molecule has 5 rings (SSSR count). The van der Waals surface area contributed by atoms with E-state index in [4.69, 9.17) is 42.6 Å². The van der Waals surface area contributed by atoms with Crippen LogP contribution in [0.1, 0.15) is 128 Å². The average Bonchev–Trinajstić information content (AvgIpc) is 2.89. The number of carbonyl (C=O) groups excluding carboxylic acids is 6. The Hall–Kier alpha value is -6.34. The van der Waals surface area contributed by atoms with Crippen LogP contribution in [0.3, 0.4) is 0 Å². The number of aliphatic hydroxyl groups excluding tert-OH is 3. The van der Waals surface area contributed by atoms with Crippen molar-refractivity contribution in [2.45, 2.75) is 230 Å². The van der Waals surface area contributed by atoms with Gasteiger partial charge in [-0.25, -0.2) is 24.0 Å². The van der Waals surface area contributed by atoms with Crippen LogP contribution in [0.4, 0.5) is 29.7 Å². The fourth-order valence-corrected chi connectivity index (χ4v) is 9.84. The summed E-state index contributed by atoms with van der Waals surface area (Å²) in [5.74, 6) is -0.851. The van der Waals surface area contributed by atoms with E-state index < -0.39 is 143 Å². The van der Waals surface area contributed by atoms with Gasteiger partial charge in [-0.05, 0) is 146 Å². The average molecular weight is 1210 g/mol. The van der Waals surface area contributed by atoms with Crippen LogP contribution in [-0.4, -0.2) is 213 Å². The van der Waals surface area contributed by atoms with E-state index in [9.17, 15) is 59.3 Å². The highest BCUT2D eigenvalue weighted by molar-refractivity contribution is 5.81. The highest BCUT2D eigenvalue weighted by Crippen LogP contribution is 2.35. The molecule has 4 aliphatic rings. The van der Waals surface area contributed by atoms with E-state index in [1.165, 1.54) is 38.2 Å². The summed E-state index contributed by atoms with van der Waals surface area (Å²) in [4.78, 5) is 93.3. The van der Waals surface area contributed by atoms with Crippen LogP contribution in [0.5, 0.6) is 0 Å². The molecule has 1 unspecified atom stereocenters. The van der Waals surface area contributed by atoms with E-state index >= 15 is 0 Å². The van der Waals surface area contributed by atoms with Gasteiger partial charge >= 0.3 is 30.5 Å². The standard InChI is InChI=1S/C56H90N8O21/c1-52(2,3)82-48(70)57-24-23-38(65)44(68)60-36-26-37(61-49(71)83-53(4,5)6)42(39(66)41(36)81-46-40(67)43(56(13,74)30-78-46)62(14)50(72)84-54(7,8)9)80-45-35(58-27-33-16-15-25-63(33)51(73)85-55(10,11)12)22-21-34(79-45)28-59-47(69)77-29-31-17-19-32(20-18-31)64(75)76/h17-21,33,35-43,45-46,58,65-67,74H,15-16,22-30H2,1-14H3,(H,57,70)(H,59,69)(H,60,68)(H,61,71)/t33?,35-,36-,37+,38+,39-,40-,41+,42-,43-,45-,46-,56+/m1/s1. The first kappa shape index (κ1) is 69.4. The molecular weight excluding hydrogens is 1120 g/mol. The molecule has 1 aromatic carbocycles. The SMILES string of the molecule is CN(C(=O)OC(C)(C)C)[C@@H]1[C@@H](O)[C@@H](O[C@@H]2[C@@H](O)[C@H](O[C@H]3OC(CNC(=O)OCc4ccc([N+](=O)[O-])cc4)=CC[C@H]3NCC3CCCN3C(=O)OC(C)(C)C)[C@@H](NC(=O)OC(C)(C)C)C[C@H]2NC(=O)[C@@H](O)CCNC(=O)OC(C)(C)C)OC[C@]1(C)O. The highest BCUT2D eigenvalue weighted by Gasteiger charge is 2.55. The molecule has 1 aromatic rings. The van der Waals surface area contributed by atoms with Crippen molar-refractivity contribution in [1.29, 1.82) is 0 Å². The minimum absolute atomic E-state index is 0.145. The van der Waals surface area contributed by atoms with Gasteiger partial charge in [0.25, 0.3) is 5.69 Å². The third-order valence-electron chi connectivity index (χ3n) is 13.6. The van der Waals surface area contributed by atoms with Gasteiger partial charge in [0.1, 0.15) is 70.9 Å². The monoisotopic (exact) mass is 1210 g/mol. The number of hydrogen-bond acceptors (Lipinski definition) is 22. The number of hydrogen-bond donors (Lipinski definition) is 9. The lowest BCUT2D eigenvalue weighted by atomic mass is 9.82. The number of nitro benzene ring substituents is 1. The first-order valence-corrected chi connectivity index (χ1v) is 28.4. The van der Waals surface area contributed by atoms with Crippen LogP contribution in [-0.2, 0) is 54.0 Å². The number of carbonyl (C=O) groups is 6. The number of likely N-dealkylation sites (N-methyl/N-ethyl adjacent to an activating group) is 1. The van der Waals surface area contributed by atoms with Gasteiger partial charge in [0.2, 0.25) is 12.2 Å². The summed E-state index contributed by atoms with van der Waals surface area (Å²) in [5.41, 5.74) is -5.23. The number of likely N-dealkylation sites (tertiary alicyclic amines) is 1. The number of amides is 6. The smallest absolute Gasteiger partial charge is 0.410 e. The molecule has 6 amide bonds. The zero-order chi connectivity index (χ0) is 63.6. The van der Waals surface area contributed by atoms with E-state index in [0.717, 1.165) is 4.90 Å². The van der Waals surface area contributed by atoms with Gasteiger partial charge in [-0.3, -0.25) is 14.9 Å². The van der Waals surface area contributed by atoms with Crippen molar-refractivity contribution in [2.24, 2.45) is 0 Å². The molecular formula is C56H90N8O21. The fraction of sp³-hybridized carbons (Fsp3) is 0.750. The summed E-state index contributed by atoms with van der Waals surface area (Å²) in [6.45, 7) is 20.7. The van der Waals surface area contributed by atoms with E-state index in [2.05, 4.69) is 26.6 Å². The number of alkyl carbamates (subject to hydrolysis) is 3. The topological polar surface area (TPSA) is 376 Å². The van der Waals surface area contributed by atoms with Gasteiger partial charge in [0, 0.05) is 44.9 Å². The van der Waals surface area contributed by atoms with Crippen LogP contribution < -0.4 is 26.6 Å². The Labute approximate surface area is 495 Å². The van der Waals surface area contributed by atoms with Gasteiger partial charge in [0.05, 0.1) is 42.2 Å². The number of non-ortho nitro benzene ring substituents is 1. The number of nitrogens with zero attached hydrogens (tertiary/aromatic N) is 3. The van der Waals surface area contributed by atoms with Crippen LogP contribution >= 0.6 is 0 Å². The molecule has 480 valence electrons. The zero-order valence-corrected chi connectivity index (χ0v) is 51.2. The number of nitro groups is 1. The van der Waals surface area contributed by atoms with Gasteiger partial charge in [-0.2, -0.15) is 0 Å². The lowest BCUT2D eigenvalue weighted by Crippen LogP contribution is -2.71. The van der Waals surface area contributed by atoms with Crippen LogP contribution in [0.25, 0.3) is 0 Å². The molecule has 13 atom stereocenters. The summed E-state index contributed by atoms with van der Waals surface area (Å²) in [5, 5.41) is 72.8.